The topological polar surface area (TPSA) is 68.7 Å². The van der Waals surface area contributed by atoms with Gasteiger partial charge in [0.15, 0.2) is 16.6 Å². The van der Waals surface area contributed by atoms with Gasteiger partial charge < -0.3 is 14.4 Å². The zero-order chi connectivity index (χ0) is 15.8. The molecule has 0 spiro atoms. The SMILES string of the molecule is CCOCCN(CC)c1nc(C(=O)OCC)c(C(C)=O)s1. The van der Waals surface area contributed by atoms with Crippen molar-refractivity contribution in [1.82, 2.24) is 4.98 Å². The number of esters is 1. The smallest absolute Gasteiger partial charge is 0.358 e. The maximum absolute atomic E-state index is 11.9. The van der Waals surface area contributed by atoms with Crippen LogP contribution in [0.15, 0.2) is 0 Å². The second-order valence-corrected chi connectivity index (χ2v) is 5.20. The number of anilines is 1. The van der Waals surface area contributed by atoms with Crippen LogP contribution < -0.4 is 4.90 Å². The minimum absolute atomic E-state index is 0.110. The lowest BCUT2D eigenvalue weighted by atomic mass is 10.3. The molecule has 6 nitrogen and oxygen atoms in total. The number of carbonyl (C=O) groups excluding carboxylic acids is 2. The Morgan fingerprint density at radius 1 is 1.24 bits per heavy atom. The minimum Gasteiger partial charge on any atom is -0.461 e. The molecule has 0 saturated heterocycles. The van der Waals surface area contributed by atoms with Crippen molar-refractivity contribution in [2.45, 2.75) is 27.7 Å². The third-order valence-electron chi connectivity index (χ3n) is 2.77. The number of aromatic nitrogens is 1. The molecule has 118 valence electrons. The summed E-state index contributed by atoms with van der Waals surface area (Å²) in [5.74, 6) is -0.728. The summed E-state index contributed by atoms with van der Waals surface area (Å²) in [6.45, 7) is 9.95. The third kappa shape index (κ3) is 4.78. The summed E-state index contributed by atoms with van der Waals surface area (Å²) in [7, 11) is 0. The average molecular weight is 314 g/mol. The first kappa shape index (κ1) is 17.6. The van der Waals surface area contributed by atoms with Gasteiger partial charge in [-0.1, -0.05) is 11.3 Å². The highest BCUT2D eigenvalue weighted by Gasteiger charge is 2.24. The maximum Gasteiger partial charge on any atom is 0.358 e. The van der Waals surface area contributed by atoms with E-state index in [2.05, 4.69) is 4.98 Å². The number of hydrogen-bond acceptors (Lipinski definition) is 7. The first-order valence-electron chi connectivity index (χ1n) is 7.06. The van der Waals surface area contributed by atoms with Gasteiger partial charge in [-0.25, -0.2) is 9.78 Å². The van der Waals surface area contributed by atoms with Crippen molar-refractivity contribution in [2.75, 3.05) is 37.8 Å². The molecule has 7 heteroatoms. The third-order valence-corrected chi connectivity index (χ3v) is 3.98. The van der Waals surface area contributed by atoms with Crippen LogP contribution in [0.25, 0.3) is 0 Å². The molecule has 0 aliphatic rings. The van der Waals surface area contributed by atoms with Crippen molar-refractivity contribution in [3.05, 3.63) is 10.6 Å². The fraction of sp³-hybridized carbons (Fsp3) is 0.643. The lowest BCUT2D eigenvalue weighted by molar-refractivity contribution is 0.0517. The molecule has 0 unspecified atom stereocenters. The molecule has 0 bridgehead atoms. The Bertz CT molecular complexity index is 487. The molecule has 1 aromatic heterocycles. The normalized spacial score (nSPS) is 10.5. The number of thiazole rings is 1. The fourth-order valence-corrected chi connectivity index (χ4v) is 2.77. The van der Waals surface area contributed by atoms with E-state index in [1.165, 1.54) is 18.3 Å². The fourth-order valence-electron chi connectivity index (χ4n) is 1.73. The van der Waals surface area contributed by atoms with Crippen molar-refractivity contribution in [2.24, 2.45) is 0 Å². The zero-order valence-corrected chi connectivity index (χ0v) is 13.8. The van der Waals surface area contributed by atoms with Crippen LogP contribution in [0.3, 0.4) is 0 Å². The average Bonchev–Trinajstić information content (AvgIpc) is 2.89. The summed E-state index contributed by atoms with van der Waals surface area (Å²) >= 11 is 1.22. The summed E-state index contributed by atoms with van der Waals surface area (Å²) in [6, 6.07) is 0. The van der Waals surface area contributed by atoms with E-state index in [4.69, 9.17) is 9.47 Å². The van der Waals surface area contributed by atoms with Crippen LogP contribution in [0.1, 0.15) is 47.9 Å². The highest BCUT2D eigenvalue weighted by Crippen LogP contribution is 2.27. The molecule has 1 rings (SSSR count). The molecule has 0 aliphatic carbocycles. The van der Waals surface area contributed by atoms with Gasteiger partial charge in [-0.05, 0) is 20.8 Å². The zero-order valence-electron chi connectivity index (χ0n) is 13.0. The Balaban J connectivity index is 2.99. The minimum atomic E-state index is -0.550. The van der Waals surface area contributed by atoms with E-state index in [0.29, 0.717) is 29.8 Å². The van der Waals surface area contributed by atoms with Crippen LogP contribution >= 0.6 is 11.3 Å². The van der Waals surface area contributed by atoms with E-state index in [-0.39, 0.29) is 18.1 Å². The molecule has 1 aromatic rings. The van der Waals surface area contributed by atoms with Gasteiger partial charge in [0.1, 0.15) is 4.88 Å². The molecule has 0 fully saturated rings. The lowest BCUT2D eigenvalue weighted by Gasteiger charge is -2.19. The number of ether oxygens (including phenoxy) is 2. The van der Waals surface area contributed by atoms with Crippen LogP contribution in [0.2, 0.25) is 0 Å². The first-order chi connectivity index (χ1) is 10.0. The van der Waals surface area contributed by atoms with Crippen molar-refractivity contribution in [3.8, 4) is 0 Å². The number of rotatable bonds is 9. The summed E-state index contributed by atoms with van der Waals surface area (Å²) < 4.78 is 10.3. The number of Topliss-reactive ketones (excluding diaryl/α,β-unsaturated/α-hetero) is 1. The molecule has 0 radical (unpaired) electrons. The summed E-state index contributed by atoms with van der Waals surface area (Å²) in [5.41, 5.74) is 0.110. The number of likely N-dealkylation sites (N-methyl/N-ethyl adjacent to an activating group) is 1. The Morgan fingerprint density at radius 2 is 1.95 bits per heavy atom. The quantitative estimate of drug-likeness (QED) is 0.396. The highest BCUT2D eigenvalue weighted by molar-refractivity contribution is 7.17. The molecule has 0 aliphatic heterocycles. The van der Waals surface area contributed by atoms with Gasteiger partial charge in [0.05, 0.1) is 13.2 Å². The van der Waals surface area contributed by atoms with Crippen LogP contribution in [-0.4, -0.2) is 49.6 Å². The summed E-state index contributed by atoms with van der Waals surface area (Å²) in [4.78, 5) is 30.2. The van der Waals surface area contributed by atoms with Gasteiger partial charge in [-0.2, -0.15) is 0 Å². The second kappa shape index (κ2) is 8.74. The van der Waals surface area contributed by atoms with Gasteiger partial charge in [0.25, 0.3) is 0 Å². The summed E-state index contributed by atoms with van der Waals surface area (Å²) in [6.07, 6.45) is 0. The predicted molar refractivity (Wildman–Crippen MR) is 82.5 cm³/mol. The van der Waals surface area contributed by atoms with Crippen LogP contribution in [0.5, 0.6) is 0 Å². The van der Waals surface area contributed by atoms with E-state index in [0.717, 1.165) is 6.54 Å². The molecule has 0 atom stereocenters. The van der Waals surface area contributed by atoms with Crippen LogP contribution in [0, 0.1) is 0 Å². The molecule has 0 saturated carbocycles. The van der Waals surface area contributed by atoms with E-state index < -0.39 is 5.97 Å². The molecule has 0 aromatic carbocycles. The van der Waals surface area contributed by atoms with E-state index in [1.807, 2.05) is 18.7 Å². The van der Waals surface area contributed by atoms with Gasteiger partial charge >= 0.3 is 5.97 Å². The van der Waals surface area contributed by atoms with Crippen molar-refractivity contribution < 1.29 is 19.1 Å². The standard InChI is InChI=1S/C14H22N2O4S/c1-5-16(8-9-19-6-2)14-15-11(13(18)20-7-3)12(21-14)10(4)17/h5-9H2,1-4H3. The van der Waals surface area contributed by atoms with E-state index >= 15 is 0 Å². The molecular weight excluding hydrogens is 292 g/mol. The van der Waals surface area contributed by atoms with Gasteiger partial charge in [0, 0.05) is 26.6 Å². The number of ketones is 1. The second-order valence-electron chi connectivity index (χ2n) is 4.23. The van der Waals surface area contributed by atoms with Gasteiger partial charge in [-0.15, -0.1) is 0 Å². The molecule has 1 heterocycles. The molecule has 0 amide bonds. The Labute approximate surface area is 129 Å². The summed E-state index contributed by atoms with van der Waals surface area (Å²) in [5, 5.41) is 0.644. The van der Waals surface area contributed by atoms with Crippen molar-refractivity contribution in [1.29, 1.82) is 0 Å². The largest absolute Gasteiger partial charge is 0.461 e. The van der Waals surface area contributed by atoms with Gasteiger partial charge in [0.2, 0.25) is 0 Å². The maximum atomic E-state index is 11.9. The molecular formula is C14H22N2O4S. The van der Waals surface area contributed by atoms with Crippen LogP contribution in [-0.2, 0) is 9.47 Å². The number of hydrogen-bond donors (Lipinski definition) is 0. The monoisotopic (exact) mass is 314 g/mol. The predicted octanol–water partition coefficient (Wildman–Crippen LogP) is 2.39. The molecule has 21 heavy (non-hydrogen) atoms. The van der Waals surface area contributed by atoms with Crippen LogP contribution in [0.4, 0.5) is 5.13 Å². The number of nitrogens with zero attached hydrogens (tertiary/aromatic N) is 2. The highest BCUT2D eigenvalue weighted by atomic mass is 32.1. The van der Waals surface area contributed by atoms with E-state index in [9.17, 15) is 9.59 Å². The van der Waals surface area contributed by atoms with Crippen molar-refractivity contribution >= 4 is 28.2 Å². The number of carbonyl (C=O) groups is 2. The first-order valence-corrected chi connectivity index (χ1v) is 7.88. The molecule has 0 N–H and O–H groups in total. The Kier molecular flexibility index (Phi) is 7.31. The van der Waals surface area contributed by atoms with Gasteiger partial charge in [-0.3, -0.25) is 4.79 Å². The Hall–Kier alpha value is -1.47. The Morgan fingerprint density at radius 3 is 2.48 bits per heavy atom. The van der Waals surface area contributed by atoms with E-state index in [1.54, 1.807) is 6.92 Å². The lowest BCUT2D eigenvalue weighted by Crippen LogP contribution is -2.27. The van der Waals surface area contributed by atoms with Crippen molar-refractivity contribution in [3.63, 3.8) is 0 Å².